The van der Waals surface area contributed by atoms with Crippen molar-refractivity contribution in [3.8, 4) is 0 Å². The van der Waals surface area contributed by atoms with E-state index < -0.39 is 22.9 Å². The fourth-order valence-corrected chi connectivity index (χ4v) is 8.73. The van der Waals surface area contributed by atoms with E-state index in [1.165, 1.54) is 28.7 Å². The molecule has 0 heterocycles. The van der Waals surface area contributed by atoms with E-state index in [1.54, 1.807) is 3.33 Å². The molecular weight excluding hydrogens is 611 g/mol. The molecule has 0 atom stereocenters. The van der Waals surface area contributed by atoms with Crippen molar-refractivity contribution in [2.75, 3.05) is 41.4 Å². The Bertz CT molecular complexity index is 875. The number of hydrogen-bond acceptors (Lipinski definition) is 4. The van der Waals surface area contributed by atoms with E-state index in [9.17, 15) is 10.2 Å². The Morgan fingerprint density at radius 1 is 0.722 bits per heavy atom. The first kappa shape index (κ1) is 32.7. The fourth-order valence-electron chi connectivity index (χ4n) is 3.83. The summed E-state index contributed by atoms with van der Waals surface area (Å²) in [6.07, 6.45) is 9.35. The molecule has 0 spiro atoms. The van der Waals surface area contributed by atoms with Gasteiger partial charge in [-0.2, -0.15) is 0 Å². The standard InChI is InChI=1S/2C11H16NO.C5H5.C4H9.Hf/c2*1-12(2)9-11-6-4-3-5-10(11)7-8-13;1-2-4-5-3-1;1-4(2)3;/h2*3-6H,7-9H2,1-2H3;1-3H,4H2;1-3H3;/q2*-1;;;+2. The third-order valence-electron chi connectivity index (χ3n) is 5.26. The van der Waals surface area contributed by atoms with Crippen molar-refractivity contribution in [1.29, 1.82) is 0 Å². The first-order valence-electron chi connectivity index (χ1n) is 12.8. The van der Waals surface area contributed by atoms with Gasteiger partial charge in [0.2, 0.25) is 0 Å². The van der Waals surface area contributed by atoms with Crippen molar-refractivity contribution in [2.24, 2.45) is 0 Å². The van der Waals surface area contributed by atoms with E-state index in [1.807, 2.05) is 64.6 Å². The van der Waals surface area contributed by atoms with Crippen LogP contribution >= 0.6 is 0 Å². The van der Waals surface area contributed by atoms with Crippen LogP contribution in [0.25, 0.3) is 0 Å². The molecule has 0 amide bonds. The molecule has 2 aromatic rings. The second kappa shape index (κ2) is 18.0. The fraction of sp³-hybridized carbons (Fsp3) is 0.484. The van der Waals surface area contributed by atoms with E-state index in [2.05, 4.69) is 60.9 Å². The van der Waals surface area contributed by atoms with Crippen LogP contribution in [0.1, 0.15) is 49.4 Å². The van der Waals surface area contributed by atoms with Gasteiger partial charge in [0.15, 0.2) is 0 Å². The second-order valence-corrected chi connectivity index (χ2v) is 19.2. The topological polar surface area (TPSA) is 52.6 Å². The van der Waals surface area contributed by atoms with E-state index in [0.717, 1.165) is 13.1 Å². The molecule has 0 aliphatic heterocycles. The van der Waals surface area contributed by atoms with Crippen molar-refractivity contribution in [1.82, 2.24) is 9.80 Å². The number of benzene rings is 2. The zero-order valence-electron chi connectivity index (χ0n) is 23.5. The van der Waals surface area contributed by atoms with E-state index in [4.69, 9.17) is 0 Å². The summed E-state index contributed by atoms with van der Waals surface area (Å²) in [5.74, 6) is 0. The average Bonchev–Trinajstić information content (AvgIpc) is 3.28. The first-order chi connectivity index (χ1) is 17.1. The monoisotopic (exact) mass is 658 g/mol. The zero-order valence-corrected chi connectivity index (χ0v) is 27.1. The molecule has 1 aliphatic rings. The molecule has 2 aromatic carbocycles. The summed E-state index contributed by atoms with van der Waals surface area (Å²) in [5.41, 5.74) is 4.91. The molecule has 196 valence electrons. The predicted molar refractivity (Wildman–Crippen MR) is 146 cm³/mol. The van der Waals surface area contributed by atoms with Crippen molar-refractivity contribution < 1.29 is 33.1 Å². The van der Waals surface area contributed by atoms with Crippen LogP contribution in [-0.2, 0) is 48.8 Å². The SMILES string of the molecule is CN(C)Cc1ccccc1CC[O-].CN(C)Cc1ccccc1CC[O-].C[C](C)(C)[Hf+2][C]1=CC=CC1. The minimum atomic E-state index is -0.460. The van der Waals surface area contributed by atoms with Crippen molar-refractivity contribution in [2.45, 2.75) is 56.3 Å². The molecule has 0 radical (unpaired) electrons. The van der Waals surface area contributed by atoms with E-state index in [-0.39, 0.29) is 13.2 Å². The Morgan fingerprint density at radius 2 is 1.14 bits per heavy atom. The van der Waals surface area contributed by atoms with Crippen LogP contribution in [0.4, 0.5) is 0 Å². The van der Waals surface area contributed by atoms with Gasteiger partial charge in [0, 0.05) is 13.1 Å². The van der Waals surface area contributed by atoms with Crippen LogP contribution in [0, 0.1) is 0 Å². The zero-order chi connectivity index (χ0) is 27.0. The number of hydrogen-bond donors (Lipinski definition) is 0. The quantitative estimate of drug-likeness (QED) is 0.375. The van der Waals surface area contributed by atoms with Crippen LogP contribution in [0.15, 0.2) is 70.1 Å². The van der Waals surface area contributed by atoms with Gasteiger partial charge in [0.25, 0.3) is 0 Å². The molecule has 5 heteroatoms. The van der Waals surface area contributed by atoms with Gasteiger partial charge in [-0.25, -0.2) is 0 Å². The van der Waals surface area contributed by atoms with Gasteiger partial charge < -0.3 is 20.0 Å². The Kier molecular flexibility index (Phi) is 16.3. The molecule has 3 rings (SSSR count). The molecule has 0 unspecified atom stereocenters. The van der Waals surface area contributed by atoms with Gasteiger partial charge in [-0.05, 0) is 63.3 Å². The summed E-state index contributed by atoms with van der Waals surface area (Å²) >= 11 is -0.460. The van der Waals surface area contributed by atoms with Crippen LogP contribution < -0.4 is 10.2 Å². The van der Waals surface area contributed by atoms with Crippen molar-refractivity contribution in [3.63, 3.8) is 0 Å². The number of allylic oxidation sites excluding steroid dienone is 4. The van der Waals surface area contributed by atoms with Crippen LogP contribution in [0.5, 0.6) is 0 Å². The first-order valence-corrected chi connectivity index (χ1v) is 16.4. The molecule has 4 nitrogen and oxygen atoms in total. The van der Waals surface area contributed by atoms with Gasteiger partial charge in [0.05, 0.1) is 0 Å². The Labute approximate surface area is 232 Å². The minimum absolute atomic E-state index is 0.0234. The summed E-state index contributed by atoms with van der Waals surface area (Å²) in [5, 5.41) is 21.0. The van der Waals surface area contributed by atoms with Gasteiger partial charge in [0.1, 0.15) is 0 Å². The molecule has 0 N–H and O–H groups in total. The predicted octanol–water partition coefficient (Wildman–Crippen LogP) is 4.43. The third-order valence-corrected chi connectivity index (χ3v) is 10.4. The molecular formula is C31H46HfN2O2. The Morgan fingerprint density at radius 3 is 1.44 bits per heavy atom. The van der Waals surface area contributed by atoms with Crippen molar-refractivity contribution in [3.05, 3.63) is 92.3 Å². The van der Waals surface area contributed by atoms with Crippen LogP contribution in [0.2, 0.25) is 3.17 Å². The van der Waals surface area contributed by atoms with Gasteiger partial charge in [-0.15, -0.1) is 13.2 Å². The molecule has 36 heavy (non-hydrogen) atoms. The maximum atomic E-state index is 10.5. The Hall–Kier alpha value is -1.37. The number of nitrogens with zero attached hydrogens (tertiary/aromatic N) is 2. The molecule has 1 aliphatic carbocycles. The molecule has 0 bridgehead atoms. The summed E-state index contributed by atoms with van der Waals surface area (Å²) in [6.45, 7) is 8.89. The van der Waals surface area contributed by atoms with E-state index in [0.29, 0.717) is 16.0 Å². The second-order valence-electron chi connectivity index (χ2n) is 10.6. The molecule has 0 fully saturated rings. The van der Waals surface area contributed by atoms with Gasteiger partial charge >= 0.3 is 74.8 Å². The van der Waals surface area contributed by atoms with Crippen molar-refractivity contribution >= 4 is 0 Å². The third kappa shape index (κ3) is 15.0. The molecule has 0 aromatic heterocycles. The molecule has 0 saturated carbocycles. The Balaban J connectivity index is 0.000000273. The van der Waals surface area contributed by atoms with Crippen LogP contribution in [-0.4, -0.2) is 51.2 Å². The maximum absolute atomic E-state index is 10.5. The number of rotatable bonds is 9. The van der Waals surface area contributed by atoms with Crippen LogP contribution in [0.3, 0.4) is 0 Å². The van der Waals surface area contributed by atoms with Gasteiger partial charge in [-0.1, -0.05) is 48.5 Å². The summed E-state index contributed by atoms with van der Waals surface area (Å²) in [4.78, 5) is 4.23. The summed E-state index contributed by atoms with van der Waals surface area (Å²) in [6, 6.07) is 16.3. The van der Waals surface area contributed by atoms with Gasteiger partial charge in [-0.3, -0.25) is 0 Å². The average molecular weight is 657 g/mol. The van der Waals surface area contributed by atoms with E-state index >= 15 is 0 Å². The molecule has 0 saturated heterocycles. The summed E-state index contributed by atoms with van der Waals surface area (Å²) < 4.78 is 2.42. The summed E-state index contributed by atoms with van der Waals surface area (Å²) in [7, 11) is 8.14. The normalized spacial score (nSPS) is 12.5.